The third-order valence-corrected chi connectivity index (χ3v) is 12.4. The minimum absolute atomic E-state index is 0. The van der Waals surface area contributed by atoms with Crippen molar-refractivity contribution in [3.63, 3.8) is 0 Å². The molecule has 0 radical (unpaired) electrons. The molecule has 0 aliphatic carbocycles. The smallest absolute Gasteiger partial charge is 0.703 e. The summed E-state index contributed by atoms with van der Waals surface area (Å²) in [4.78, 5) is 7.14. The maximum absolute atomic E-state index is 11.8. The number of aromatic nitrogens is 1. The molecule has 8 rings (SSSR count). The van der Waals surface area contributed by atoms with E-state index in [1.165, 1.54) is 16.7 Å². The van der Waals surface area contributed by atoms with Crippen LogP contribution in [-0.4, -0.2) is 10.1 Å². The molecule has 7 aromatic carbocycles. The summed E-state index contributed by atoms with van der Waals surface area (Å²) < 4.78 is 0. The molecule has 4 nitrogen and oxygen atoms in total. The number of phenolic OH excluding ortho intramolecular Hbond substituents is 1. The van der Waals surface area contributed by atoms with Gasteiger partial charge in [0.15, 0.2) is 0 Å². The molecule has 0 unspecified atom stereocenters. The fourth-order valence-corrected chi connectivity index (χ4v) is 8.66. The van der Waals surface area contributed by atoms with E-state index in [-0.39, 0.29) is 37.6 Å². The van der Waals surface area contributed by atoms with Crippen LogP contribution in [0.15, 0.2) is 164 Å². The summed E-state index contributed by atoms with van der Waals surface area (Å²) in [7, 11) is 0. The minimum Gasteiger partial charge on any atom is -0.703 e. The van der Waals surface area contributed by atoms with Crippen LogP contribution >= 0.6 is 0 Å². The second kappa shape index (κ2) is 19.7. The van der Waals surface area contributed by atoms with Crippen LogP contribution in [-0.2, 0) is 44.9 Å². The molecule has 8 aromatic rings. The number of rotatable bonds is 11. The molecule has 2 N–H and O–H groups in total. The fraction of sp³-hybridized carbons (Fsp3) is 0.230. The molecule has 0 saturated carbocycles. The van der Waals surface area contributed by atoms with Crippen molar-refractivity contribution >= 4 is 17.1 Å². The van der Waals surface area contributed by atoms with Crippen LogP contribution in [0.3, 0.4) is 0 Å². The number of hydrogen-bond donors (Lipinski definition) is 1. The summed E-state index contributed by atoms with van der Waals surface area (Å²) in [6.45, 7) is 20.1. The van der Waals surface area contributed by atoms with Gasteiger partial charge in [-0.05, 0) is 105 Å². The summed E-state index contributed by atoms with van der Waals surface area (Å²) in [5.41, 5.74) is 27.2. The van der Waals surface area contributed by atoms with Crippen LogP contribution in [0, 0.1) is 18.9 Å². The Morgan fingerprint density at radius 1 is 0.591 bits per heavy atom. The molecule has 0 saturated heterocycles. The van der Waals surface area contributed by atoms with Crippen molar-refractivity contribution in [2.45, 2.75) is 86.1 Å². The SMILES string of the molecule is Cc1cc(C(C)(C)C)cc(CN(c2ccc(CC(C)C)cc2-c2ccccc2)c2cccc(-c3[c-]c(-c4cc(-c5ccc(-c6ccccc6)cc5)ccn4)cc(C(C)(C)C)c3)c2[NH-])c1O.[Pt+2]. The molecule has 0 spiro atoms. The molecule has 0 aliphatic heterocycles. The monoisotopic (exact) mass is 1050 g/mol. The fourth-order valence-electron chi connectivity index (χ4n) is 8.66. The van der Waals surface area contributed by atoms with Crippen molar-refractivity contribution in [1.29, 1.82) is 0 Å². The van der Waals surface area contributed by atoms with Gasteiger partial charge in [0, 0.05) is 34.4 Å². The van der Waals surface area contributed by atoms with Gasteiger partial charge in [-0.15, -0.1) is 35.0 Å². The summed E-state index contributed by atoms with van der Waals surface area (Å²) in [6.07, 6.45) is 2.83. The van der Waals surface area contributed by atoms with Gasteiger partial charge in [-0.1, -0.05) is 182 Å². The predicted octanol–water partition coefficient (Wildman–Crippen LogP) is 17.0. The van der Waals surface area contributed by atoms with E-state index in [2.05, 4.69) is 206 Å². The zero-order chi connectivity index (χ0) is 46.0. The van der Waals surface area contributed by atoms with Gasteiger partial charge in [0.2, 0.25) is 0 Å². The van der Waals surface area contributed by atoms with E-state index in [0.717, 1.165) is 84.7 Å². The number of nitrogens with one attached hydrogen (secondary N) is 1. The van der Waals surface area contributed by atoms with Crippen molar-refractivity contribution in [1.82, 2.24) is 4.98 Å². The van der Waals surface area contributed by atoms with Gasteiger partial charge in [0.25, 0.3) is 0 Å². The number of benzene rings is 7. The molecule has 0 bridgehead atoms. The van der Waals surface area contributed by atoms with Gasteiger partial charge in [0.05, 0.1) is 6.54 Å². The van der Waals surface area contributed by atoms with E-state index >= 15 is 0 Å². The van der Waals surface area contributed by atoms with Gasteiger partial charge < -0.3 is 15.7 Å². The largest absolute Gasteiger partial charge is 2.00 e. The first-order chi connectivity index (χ1) is 31.0. The van der Waals surface area contributed by atoms with Crippen molar-refractivity contribution in [3.05, 3.63) is 204 Å². The minimum atomic E-state index is -0.189. The van der Waals surface area contributed by atoms with E-state index < -0.39 is 0 Å². The maximum atomic E-state index is 11.8. The molecule has 66 heavy (non-hydrogen) atoms. The molecule has 336 valence electrons. The van der Waals surface area contributed by atoms with Gasteiger partial charge in [-0.2, -0.15) is 0 Å². The first-order valence-corrected chi connectivity index (χ1v) is 22.9. The van der Waals surface area contributed by atoms with Crippen LogP contribution < -0.4 is 4.90 Å². The van der Waals surface area contributed by atoms with Gasteiger partial charge in [-0.3, -0.25) is 4.98 Å². The van der Waals surface area contributed by atoms with E-state index in [1.807, 2.05) is 31.3 Å². The molecule has 0 atom stereocenters. The molecule has 0 amide bonds. The molecular weight excluding hydrogens is 986 g/mol. The quantitative estimate of drug-likeness (QED) is 0.131. The number of aromatic hydroxyl groups is 1. The summed E-state index contributed by atoms with van der Waals surface area (Å²) >= 11 is 0. The van der Waals surface area contributed by atoms with Crippen LogP contribution in [0.25, 0.3) is 61.5 Å². The van der Waals surface area contributed by atoms with Crippen molar-refractivity contribution in [2.75, 3.05) is 4.90 Å². The van der Waals surface area contributed by atoms with Crippen LogP contribution in [0.2, 0.25) is 0 Å². The van der Waals surface area contributed by atoms with E-state index in [0.29, 0.717) is 18.2 Å². The molecule has 0 aliphatic rings. The van der Waals surface area contributed by atoms with E-state index in [9.17, 15) is 10.8 Å². The Hall–Kier alpha value is -6.22. The number of aryl methyl sites for hydroxylation is 1. The first-order valence-electron chi connectivity index (χ1n) is 22.9. The number of nitrogens with zero attached hydrogens (tertiary/aromatic N) is 2. The third-order valence-electron chi connectivity index (χ3n) is 12.4. The molecule has 1 aromatic heterocycles. The Balaban J connectivity index is 0.00000648. The van der Waals surface area contributed by atoms with Crippen LogP contribution in [0.1, 0.15) is 83.2 Å². The Morgan fingerprint density at radius 2 is 1.18 bits per heavy atom. The van der Waals surface area contributed by atoms with Crippen molar-refractivity contribution in [3.8, 4) is 61.5 Å². The van der Waals surface area contributed by atoms with Crippen molar-refractivity contribution in [2.24, 2.45) is 5.92 Å². The number of hydrogen-bond acceptors (Lipinski definition) is 3. The molecular formula is C61H61N3OPt. The Labute approximate surface area is 407 Å². The van der Waals surface area contributed by atoms with E-state index in [4.69, 9.17) is 4.98 Å². The Kier molecular flexibility index (Phi) is 14.3. The van der Waals surface area contributed by atoms with Crippen LogP contribution in [0.5, 0.6) is 5.75 Å². The molecule has 1 heterocycles. The Bertz CT molecular complexity index is 2940. The topological polar surface area (TPSA) is 60.2 Å². The zero-order valence-corrected chi connectivity index (χ0v) is 42.0. The standard InChI is InChI=1S/C61H61N3O.Pt/c1-40(2)31-42-23-28-56(54(33-42)46-19-14-11-15-20-46)64(39-50-37-51(60(4,5)6)32-41(3)59(50)65)57-22-16-21-53(58(57)62)48-34-49(36-52(35-48)61(7,8)9)55-38-47(29-30-63-55)45-26-24-44(25-27-45)43-17-12-10-13-18-43;/h10-30,32-33,35-38,40,62,65H,31,39H2,1-9H3;/q-2;+2. The number of phenols is 1. The predicted molar refractivity (Wildman–Crippen MR) is 275 cm³/mol. The third kappa shape index (κ3) is 10.6. The van der Waals surface area contributed by atoms with E-state index in [1.54, 1.807) is 0 Å². The first kappa shape index (κ1) is 47.7. The Morgan fingerprint density at radius 3 is 1.82 bits per heavy atom. The molecule has 0 fully saturated rings. The van der Waals surface area contributed by atoms with Crippen LogP contribution in [0.4, 0.5) is 17.1 Å². The summed E-state index contributed by atoms with van der Waals surface area (Å²) in [5.74, 6) is 0.771. The normalized spacial score (nSPS) is 11.7. The number of pyridine rings is 1. The number of anilines is 2. The zero-order valence-electron chi connectivity index (χ0n) is 39.7. The summed E-state index contributed by atoms with van der Waals surface area (Å²) in [6, 6.07) is 59.2. The second-order valence-corrected chi connectivity index (χ2v) is 20.0. The van der Waals surface area contributed by atoms with Gasteiger partial charge in [0.1, 0.15) is 5.75 Å². The maximum Gasteiger partial charge on any atom is 2.00 e. The van der Waals surface area contributed by atoms with Gasteiger partial charge in [-0.25, -0.2) is 0 Å². The second-order valence-electron chi connectivity index (χ2n) is 20.0. The van der Waals surface area contributed by atoms with Gasteiger partial charge >= 0.3 is 21.1 Å². The molecule has 5 heteroatoms. The average molecular weight is 1050 g/mol. The summed E-state index contributed by atoms with van der Waals surface area (Å²) in [5, 5.41) is 11.8. The van der Waals surface area contributed by atoms with Crippen molar-refractivity contribution < 1.29 is 26.2 Å². The average Bonchev–Trinajstić information content (AvgIpc) is 3.29.